The smallest absolute Gasteiger partial charge is 0.107 e. The highest BCUT2D eigenvalue weighted by Gasteiger charge is 2.16. The Morgan fingerprint density at radius 3 is 2.90 bits per heavy atom. The molecule has 0 radical (unpaired) electrons. The minimum atomic E-state index is 0. The monoisotopic (exact) mass is 309 g/mol. The summed E-state index contributed by atoms with van der Waals surface area (Å²) in [7, 11) is 0. The minimum Gasteiger partial charge on any atom is -0.312 e. The van der Waals surface area contributed by atoms with Gasteiger partial charge in [0.05, 0.1) is 12.2 Å². The van der Waals surface area contributed by atoms with Gasteiger partial charge in [0.25, 0.3) is 0 Å². The van der Waals surface area contributed by atoms with E-state index >= 15 is 0 Å². The molecular formula is C15H20ClN3S. The van der Waals surface area contributed by atoms with E-state index in [1.165, 1.54) is 10.6 Å². The van der Waals surface area contributed by atoms with Gasteiger partial charge in [-0.05, 0) is 6.92 Å². The highest BCUT2D eigenvalue weighted by molar-refractivity contribution is 7.09. The van der Waals surface area contributed by atoms with Gasteiger partial charge < -0.3 is 5.32 Å². The number of hydrogen-bond donors (Lipinski definition) is 1. The van der Waals surface area contributed by atoms with Gasteiger partial charge in [-0.15, -0.1) is 23.7 Å². The maximum Gasteiger partial charge on any atom is 0.107 e. The summed E-state index contributed by atoms with van der Waals surface area (Å²) in [5, 5.41) is 6.85. The van der Waals surface area contributed by atoms with Gasteiger partial charge in [0.1, 0.15) is 5.01 Å². The molecule has 1 aromatic heterocycles. The topological polar surface area (TPSA) is 28.2 Å². The van der Waals surface area contributed by atoms with Crippen LogP contribution in [0.4, 0.5) is 0 Å². The van der Waals surface area contributed by atoms with E-state index in [0.29, 0.717) is 6.04 Å². The molecule has 0 saturated carbocycles. The first-order valence-electron chi connectivity index (χ1n) is 6.77. The highest BCUT2D eigenvalue weighted by atomic mass is 35.5. The van der Waals surface area contributed by atoms with Crippen molar-refractivity contribution in [2.75, 3.05) is 19.6 Å². The zero-order valence-corrected chi connectivity index (χ0v) is 13.2. The molecule has 3 nitrogen and oxygen atoms in total. The Morgan fingerprint density at radius 2 is 2.15 bits per heavy atom. The van der Waals surface area contributed by atoms with E-state index in [-0.39, 0.29) is 12.4 Å². The highest BCUT2D eigenvalue weighted by Crippen LogP contribution is 2.22. The molecule has 1 aromatic carbocycles. The molecule has 3 rings (SSSR count). The first-order chi connectivity index (χ1) is 9.31. The summed E-state index contributed by atoms with van der Waals surface area (Å²) in [6, 6.07) is 11.0. The van der Waals surface area contributed by atoms with E-state index in [2.05, 4.69) is 46.8 Å². The average Bonchev–Trinajstić information content (AvgIpc) is 2.88. The van der Waals surface area contributed by atoms with Crippen LogP contribution in [0.1, 0.15) is 11.9 Å². The van der Waals surface area contributed by atoms with Crippen LogP contribution in [-0.4, -0.2) is 35.6 Å². The van der Waals surface area contributed by atoms with Crippen LogP contribution in [0.3, 0.4) is 0 Å². The van der Waals surface area contributed by atoms with Crippen molar-refractivity contribution in [1.82, 2.24) is 15.2 Å². The van der Waals surface area contributed by atoms with E-state index in [9.17, 15) is 0 Å². The van der Waals surface area contributed by atoms with Gasteiger partial charge >= 0.3 is 0 Å². The molecule has 1 atom stereocenters. The van der Waals surface area contributed by atoms with Crippen LogP contribution >= 0.6 is 23.7 Å². The van der Waals surface area contributed by atoms with Crippen molar-refractivity contribution in [2.24, 2.45) is 0 Å². The molecule has 20 heavy (non-hydrogen) atoms. The molecule has 1 aliphatic rings. The molecule has 0 unspecified atom stereocenters. The summed E-state index contributed by atoms with van der Waals surface area (Å²) in [5.74, 6) is 0. The van der Waals surface area contributed by atoms with Gasteiger partial charge in [-0.3, -0.25) is 4.90 Å². The lowest BCUT2D eigenvalue weighted by atomic mass is 10.2. The predicted octanol–water partition coefficient (Wildman–Crippen LogP) is 3.03. The summed E-state index contributed by atoms with van der Waals surface area (Å²) in [6.45, 7) is 6.52. The number of thiazole rings is 1. The molecule has 1 saturated heterocycles. The fourth-order valence-electron chi connectivity index (χ4n) is 2.47. The van der Waals surface area contributed by atoms with Crippen LogP contribution in [0.5, 0.6) is 0 Å². The average molecular weight is 310 g/mol. The third-order valence-electron chi connectivity index (χ3n) is 3.43. The van der Waals surface area contributed by atoms with E-state index in [4.69, 9.17) is 4.98 Å². The number of nitrogens with zero attached hydrogens (tertiary/aromatic N) is 2. The fourth-order valence-corrected chi connectivity index (χ4v) is 3.32. The molecule has 0 aliphatic carbocycles. The molecule has 0 bridgehead atoms. The Balaban J connectivity index is 0.00000147. The first-order valence-corrected chi connectivity index (χ1v) is 7.65. The second-order valence-corrected chi connectivity index (χ2v) is 6.03. The van der Waals surface area contributed by atoms with Crippen molar-refractivity contribution in [3.63, 3.8) is 0 Å². The van der Waals surface area contributed by atoms with E-state index in [1.807, 2.05) is 6.07 Å². The quantitative estimate of drug-likeness (QED) is 0.944. The molecule has 0 spiro atoms. The molecule has 1 fully saturated rings. The molecule has 5 heteroatoms. The zero-order chi connectivity index (χ0) is 13.1. The van der Waals surface area contributed by atoms with Gasteiger partial charge in [-0.2, -0.15) is 0 Å². The number of rotatable bonds is 3. The SMILES string of the molecule is C[C@H]1CN(Cc2nc(-c3ccccc3)cs2)CCN1.Cl. The maximum atomic E-state index is 4.76. The zero-order valence-electron chi connectivity index (χ0n) is 11.6. The fraction of sp³-hybridized carbons (Fsp3) is 0.400. The van der Waals surface area contributed by atoms with Crippen molar-refractivity contribution in [3.05, 3.63) is 40.7 Å². The summed E-state index contributed by atoms with van der Waals surface area (Å²) >= 11 is 1.77. The van der Waals surface area contributed by atoms with Crippen molar-refractivity contribution in [2.45, 2.75) is 19.5 Å². The number of benzene rings is 1. The van der Waals surface area contributed by atoms with Crippen molar-refractivity contribution >= 4 is 23.7 Å². The minimum absolute atomic E-state index is 0. The lowest BCUT2D eigenvalue weighted by Crippen LogP contribution is -2.48. The summed E-state index contributed by atoms with van der Waals surface area (Å²) in [4.78, 5) is 7.24. The number of nitrogens with one attached hydrogen (secondary N) is 1. The molecular weight excluding hydrogens is 290 g/mol. The Kier molecular flexibility index (Phi) is 5.54. The van der Waals surface area contributed by atoms with E-state index in [0.717, 1.165) is 31.9 Å². The predicted molar refractivity (Wildman–Crippen MR) is 87.5 cm³/mol. The Labute approximate surface area is 130 Å². The van der Waals surface area contributed by atoms with E-state index in [1.54, 1.807) is 11.3 Å². The van der Waals surface area contributed by atoms with Gasteiger partial charge in [0.2, 0.25) is 0 Å². The second kappa shape index (κ2) is 7.18. The third kappa shape index (κ3) is 3.79. The standard InChI is InChI=1S/C15H19N3S.ClH/c1-12-9-18(8-7-16-12)10-15-17-14(11-19-15)13-5-3-2-4-6-13;/h2-6,11-12,16H,7-10H2,1H3;1H/t12-;/m0./s1. The van der Waals surface area contributed by atoms with Crippen molar-refractivity contribution in [3.8, 4) is 11.3 Å². The molecule has 108 valence electrons. The van der Waals surface area contributed by atoms with Crippen LogP contribution < -0.4 is 5.32 Å². The lowest BCUT2D eigenvalue weighted by Gasteiger charge is -2.31. The van der Waals surface area contributed by atoms with Gasteiger partial charge in [-0.1, -0.05) is 30.3 Å². The van der Waals surface area contributed by atoms with Gasteiger partial charge in [-0.25, -0.2) is 4.98 Å². The van der Waals surface area contributed by atoms with Gasteiger partial charge in [0, 0.05) is 36.6 Å². The van der Waals surface area contributed by atoms with Crippen LogP contribution in [0.2, 0.25) is 0 Å². The number of hydrogen-bond acceptors (Lipinski definition) is 4. The first kappa shape index (κ1) is 15.4. The molecule has 1 aliphatic heterocycles. The number of aromatic nitrogens is 1. The largest absolute Gasteiger partial charge is 0.312 e. The molecule has 0 amide bonds. The maximum absolute atomic E-state index is 4.76. The number of halogens is 1. The lowest BCUT2D eigenvalue weighted by molar-refractivity contribution is 0.199. The Bertz CT molecular complexity index is 529. The Hall–Kier alpha value is -0.940. The summed E-state index contributed by atoms with van der Waals surface area (Å²) < 4.78 is 0. The number of piperazine rings is 1. The van der Waals surface area contributed by atoms with E-state index < -0.39 is 0 Å². The molecule has 1 N–H and O–H groups in total. The van der Waals surface area contributed by atoms with Crippen molar-refractivity contribution in [1.29, 1.82) is 0 Å². The van der Waals surface area contributed by atoms with Crippen LogP contribution in [-0.2, 0) is 6.54 Å². The second-order valence-electron chi connectivity index (χ2n) is 5.08. The third-order valence-corrected chi connectivity index (χ3v) is 4.27. The van der Waals surface area contributed by atoms with Crippen LogP contribution in [0.25, 0.3) is 11.3 Å². The van der Waals surface area contributed by atoms with Gasteiger partial charge in [0.15, 0.2) is 0 Å². The molecule has 2 aromatic rings. The molecule has 2 heterocycles. The Morgan fingerprint density at radius 1 is 1.35 bits per heavy atom. The van der Waals surface area contributed by atoms with Crippen LogP contribution in [0, 0.1) is 0 Å². The summed E-state index contributed by atoms with van der Waals surface area (Å²) in [5.41, 5.74) is 2.31. The summed E-state index contributed by atoms with van der Waals surface area (Å²) in [6.07, 6.45) is 0. The normalized spacial score (nSPS) is 19.6. The van der Waals surface area contributed by atoms with Crippen LogP contribution in [0.15, 0.2) is 35.7 Å². The van der Waals surface area contributed by atoms with Crippen molar-refractivity contribution < 1.29 is 0 Å².